The van der Waals surface area contributed by atoms with Crippen LogP contribution < -0.4 is 4.90 Å². The molecule has 1 N–H and O–H groups in total. The van der Waals surface area contributed by atoms with E-state index < -0.39 is 10.7 Å². The van der Waals surface area contributed by atoms with Gasteiger partial charge in [-0.1, -0.05) is 18.2 Å². The third-order valence-electron chi connectivity index (χ3n) is 3.26. The summed E-state index contributed by atoms with van der Waals surface area (Å²) in [5.74, 6) is -0.732. The molecule has 1 aliphatic heterocycles. The molecule has 0 saturated carbocycles. The molecule has 1 heterocycles. The summed E-state index contributed by atoms with van der Waals surface area (Å²) in [6.45, 7) is 3.92. The first-order valence-corrected chi connectivity index (χ1v) is 7.16. The Kier molecular flexibility index (Phi) is 3.85. The number of carboxylic acids is 1. The number of carbonyl (C=O) groups is 2. The molecule has 0 fully saturated rings. The second-order valence-corrected chi connectivity index (χ2v) is 6.63. The second kappa shape index (κ2) is 5.25. The summed E-state index contributed by atoms with van der Waals surface area (Å²) in [5.41, 5.74) is 2.14. The molecule has 1 amide bonds. The quantitative estimate of drug-likeness (QED) is 0.917. The van der Waals surface area contributed by atoms with Crippen LogP contribution in [-0.2, 0) is 16.0 Å². The molecule has 19 heavy (non-hydrogen) atoms. The monoisotopic (exact) mass is 279 g/mol. The van der Waals surface area contributed by atoms with Crippen LogP contribution in [0.25, 0.3) is 0 Å². The van der Waals surface area contributed by atoms with Gasteiger partial charge in [0.15, 0.2) is 0 Å². The number of benzene rings is 1. The molecule has 0 aliphatic carbocycles. The van der Waals surface area contributed by atoms with Gasteiger partial charge in [0, 0.05) is 12.2 Å². The highest BCUT2D eigenvalue weighted by Gasteiger charge is 2.31. The number of fused-ring (bicyclic) bond motifs is 1. The van der Waals surface area contributed by atoms with Gasteiger partial charge in [-0.05, 0) is 31.9 Å². The first-order valence-electron chi connectivity index (χ1n) is 6.17. The number of anilines is 1. The van der Waals surface area contributed by atoms with E-state index in [9.17, 15) is 9.59 Å². The highest BCUT2D eigenvalue weighted by molar-refractivity contribution is 8.02. The highest BCUT2D eigenvalue weighted by atomic mass is 32.2. The summed E-state index contributed by atoms with van der Waals surface area (Å²) in [4.78, 5) is 24.9. The minimum Gasteiger partial charge on any atom is -0.480 e. The molecular weight excluding hydrogens is 262 g/mol. The Bertz CT molecular complexity index is 513. The molecule has 0 bridgehead atoms. The number of rotatable bonds is 4. The van der Waals surface area contributed by atoms with E-state index in [2.05, 4.69) is 0 Å². The zero-order valence-electron chi connectivity index (χ0n) is 11.0. The fourth-order valence-corrected chi connectivity index (χ4v) is 2.74. The van der Waals surface area contributed by atoms with Gasteiger partial charge in [-0.3, -0.25) is 9.59 Å². The van der Waals surface area contributed by atoms with Crippen molar-refractivity contribution in [2.45, 2.75) is 25.0 Å². The van der Waals surface area contributed by atoms with E-state index in [1.54, 1.807) is 18.7 Å². The molecule has 102 valence electrons. The topological polar surface area (TPSA) is 57.6 Å². The minimum atomic E-state index is -0.936. The van der Waals surface area contributed by atoms with Crippen molar-refractivity contribution in [1.82, 2.24) is 0 Å². The van der Waals surface area contributed by atoms with Crippen molar-refractivity contribution >= 4 is 29.3 Å². The zero-order chi connectivity index (χ0) is 14.0. The van der Waals surface area contributed by atoms with Crippen LogP contribution in [0.1, 0.15) is 19.4 Å². The molecule has 0 aromatic heterocycles. The average Bonchev–Trinajstić information content (AvgIpc) is 2.79. The molecule has 0 spiro atoms. The molecule has 0 saturated heterocycles. The third-order valence-corrected chi connectivity index (χ3v) is 4.55. The predicted molar refractivity (Wildman–Crippen MR) is 76.7 cm³/mol. The van der Waals surface area contributed by atoms with Crippen LogP contribution in [0.2, 0.25) is 0 Å². The van der Waals surface area contributed by atoms with E-state index in [1.807, 2.05) is 24.3 Å². The standard InChI is InChI=1S/C14H17NO3S/c1-14(2,13(17)18)19-9-12(16)15-8-7-10-5-3-4-6-11(10)15/h3-6H,7-9H2,1-2H3,(H,17,18). The molecular formula is C14H17NO3S. The van der Waals surface area contributed by atoms with Crippen molar-refractivity contribution in [2.75, 3.05) is 17.2 Å². The fourth-order valence-electron chi connectivity index (χ4n) is 1.98. The van der Waals surface area contributed by atoms with Crippen molar-refractivity contribution in [3.05, 3.63) is 29.8 Å². The maximum absolute atomic E-state index is 12.2. The largest absolute Gasteiger partial charge is 0.480 e. The van der Waals surface area contributed by atoms with Crippen LogP contribution in [0.3, 0.4) is 0 Å². The summed E-state index contributed by atoms with van der Waals surface area (Å²) in [6.07, 6.45) is 0.870. The number of aliphatic carboxylic acids is 1. The summed E-state index contributed by atoms with van der Waals surface area (Å²) >= 11 is 1.17. The number of para-hydroxylation sites is 1. The summed E-state index contributed by atoms with van der Waals surface area (Å²) < 4.78 is -0.936. The van der Waals surface area contributed by atoms with Crippen LogP contribution in [0.15, 0.2) is 24.3 Å². The van der Waals surface area contributed by atoms with E-state index in [-0.39, 0.29) is 11.7 Å². The molecule has 1 aromatic rings. The molecule has 0 radical (unpaired) electrons. The van der Waals surface area contributed by atoms with Gasteiger partial charge in [0.05, 0.1) is 5.75 Å². The van der Waals surface area contributed by atoms with E-state index in [4.69, 9.17) is 5.11 Å². The van der Waals surface area contributed by atoms with Gasteiger partial charge in [-0.25, -0.2) is 0 Å². The smallest absolute Gasteiger partial charge is 0.319 e. The van der Waals surface area contributed by atoms with E-state index in [0.29, 0.717) is 6.54 Å². The van der Waals surface area contributed by atoms with Crippen LogP contribution in [0, 0.1) is 0 Å². The SMILES string of the molecule is CC(C)(SCC(=O)N1CCc2ccccc21)C(=O)O. The van der Waals surface area contributed by atoms with Crippen LogP contribution in [-0.4, -0.2) is 34.0 Å². The Balaban J connectivity index is 2.01. The van der Waals surface area contributed by atoms with Gasteiger partial charge in [-0.2, -0.15) is 0 Å². The predicted octanol–water partition coefficient (Wildman–Crippen LogP) is 2.17. The number of amides is 1. The van der Waals surface area contributed by atoms with Crippen LogP contribution >= 0.6 is 11.8 Å². The van der Waals surface area contributed by atoms with Crippen LogP contribution in [0.5, 0.6) is 0 Å². The van der Waals surface area contributed by atoms with Gasteiger partial charge in [0.25, 0.3) is 0 Å². The third kappa shape index (κ3) is 2.92. The Morgan fingerprint density at radius 3 is 2.74 bits per heavy atom. The molecule has 5 heteroatoms. The molecule has 2 rings (SSSR count). The maximum atomic E-state index is 12.2. The van der Waals surface area contributed by atoms with Crippen molar-refractivity contribution in [1.29, 1.82) is 0 Å². The Morgan fingerprint density at radius 2 is 2.05 bits per heavy atom. The van der Waals surface area contributed by atoms with Crippen LogP contribution in [0.4, 0.5) is 5.69 Å². The maximum Gasteiger partial charge on any atom is 0.319 e. The first kappa shape index (κ1) is 13.9. The fraction of sp³-hybridized carbons (Fsp3) is 0.429. The minimum absolute atomic E-state index is 0.0238. The van der Waals surface area contributed by atoms with Gasteiger partial charge in [0.2, 0.25) is 5.91 Å². The number of carbonyl (C=O) groups excluding carboxylic acids is 1. The van der Waals surface area contributed by atoms with Crippen molar-refractivity contribution in [2.24, 2.45) is 0 Å². The molecule has 4 nitrogen and oxygen atoms in total. The van der Waals surface area contributed by atoms with Crippen molar-refractivity contribution < 1.29 is 14.7 Å². The van der Waals surface area contributed by atoms with Gasteiger partial charge < -0.3 is 10.0 Å². The normalized spacial score (nSPS) is 14.3. The van der Waals surface area contributed by atoms with E-state index in [0.717, 1.165) is 12.1 Å². The number of hydrogen-bond acceptors (Lipinski definition) is 3. The number of hydrogen-bond donors (Lipinski definition) is 1. The average molecular weight is 279 g/mol. The van der Waals surface area contributed by atoms with Gasteiger partial charge in [-0.15, -0.1) is 11.8 Å². The Morgan fingerprint density at radius 1 is 1.37 bits per heavy atom. The Labute approximate surface area is 116 Å². The Hall–Kier alpha value is -1.49. The summed E-state index contributed by atoms with van der Waals surface area (Å²) in [5, 5.41) is 9.03. The molecule has 0 atom stereocenters. The van der Waals surface area contributed by atoms with Gasteiger partial charge >= 0.3 is 5.97 Å². The lowest BCUT2D eigenvalue weighted by Gasteiger charge is -2.21. The van der Waals surface area contributed by atoms with Gasteiger partial charge in [0.1, 0.15) is 4.75 Å². The summed E-state index contributed by atoms with van der Waals surface area (Å²) in [6, 6.07) is 7.85. The van der Waals surface area contributed by atoms with E-state index in [1.165, 1.54) is 17.3 Å². The van der Waals surface area contributed by atoms with Crippen molar-refractivity contribution in [3.8, 4) is 0 Å². The molecule has 1 aromatic carbocycles. The number of carboxylic acid groups (broad SMARTS) is 1. The lowest BCUT2D eigenvalue weighted by molar-refractivity contribution is -0.138. The highest BCUT2D eigenvalue weighted by Crippen LogP contribution is 2.30. The first-order chi connectivity index (χ1) is 8.92. The molecule has 1 aliphatic rings. The lowest BCUT2D eigenvalue weighted by atomic mass is 10.2. The van der Waals surface area contributed by atoms with Crippen molar-refractivity contribution in [3.63, 3.8) is 0 Å². The number of thioether (sulfide) groups is 1. The summed E-state index contributed by atoms with van der Waals surface area (Å²) in [7, 11) is 0. The molecule has 0 unspecified atom stereocenters. The lowest BCUT2D eigenvalue weighted by Crippen LogP contribution is -2.34. The second-order valence-electron chi connectivity index (χ2n) is 5.03. The van der Waals surface area contributed by atoms with E-state index >= 15 is 0 Å². The zero-order valence-corrected chi connectivity index (χ0v) is 11.9. The number of nitrogens with zero attached hydrogens (tertiary/aromatic N) is 1.